The molecule has 2 atom stereocenters. The monoisotopic (exact) mass is 557 g/mol. The Morgan fingerprint density at radius 1 is 0.976 bits per heavy atom. The second-order valence-corrected chi connectivity index (χ2v) is 10.8. The standard InChI is InChI=1S/C31H35N5O5/c1-19-9-8-10-20(2)26(19)27(28(38)34-23-14-13-21-11-6-7-12-22(21)17-23)36(16-15-32)29(39)24(18-25(33)37)35-30(40)41-31(3,4)5/h6-14,17,24,27H,16,18H2,1-5H3,(H2,33,37)(H,34,38)(H,35,40). The molecule has 3 aromatic carbocycles. The van der Waals surface area contributed by atoms with Crippen LogP contribution in [0.3, 0.4) is 0 Å². The van der Waals surface area contributed by atoms with Gasteiger partial charge in [-0.3, -0.25) is 14.4 Å². The summed E-state index contributed by atoms with van der Waals surface area (Å²) in [5.74, 6) is -2.27. The zero-order valence-corrected chi connectivity index (χ0v) is 23.9. The number of hydrogen-bond acceptors (Lipinski definition) is 6. The Bertz CT molecular complexity index is 1480. The number of alkyl carbamates (subject to hydrolysis) is 1. The highest BCUT2D eigenvalue weighted by atomic mass is 16.6. The van der Waals surface area contributed by atoms with Crippen molar-refractivity contribution in [2.75, 3.05) is 11.9 Å². The maximum Gasteiger partial charge on any atom is 0.408 e. The van der Waals surface area contributed by atoms with Crippen LogP contribution in [0.2, 0.25) is 0 Å². The molecule has 3 rings (SSSR count). The third kappa shape index (κ3) is 8.05. The molecule has 0 bridgehead atoms. The molecule has 41 heavy (non-hydrogen) atoms. The van der Waals surface area contributed by atoms with Crippen molar-refractivity contribution in [3.63, 3.8) is 0 Å². The summed E-state index contributed by atoms with van der Waals surface area (Å²) in [5, 5.41) is 16.9. The normalized spacial score (nSPS) is 12.5. The number of fused-ring (bicyclic) bond motifs is 1. The predicted octanol–water partition coefficient (Wildman–Crippen LogP) is 4.26. The number of nitrogens with one attached hydrogen (secondary N) is 2. The quantitative estimate of drug-likeness (QED) is 0.334. The first-order valence-electron chi connectivity index (χ1n) is 13.1. The lowest BCUT2D eigenvalue weighted by atomic mass is 9.93. The average Bonchev–Trinajstić information content (AvgIpc) is 2.87. The molecule has 214 valence electrons. The molecule has 10 heteroatoms. The topological polar surface area (TPSA) is 155 Å². The van der Waals surface area contributed by atoms with Crippen molar-refractivity contribution in [1.82, 2.24) is 10.2 Å². The summed E-state index contributed by atoms with van der Waals surface area (Å²) in [6.45, 7) is 8.03. The van der Waals surface area contributed by atoms with E-state index in [1.54, 1.807) is 52.8 Å². The third-order valence-electron chi connectivity index (χ3n) is 6.31. The van der Waals surface area contributed by atoms with E-state index < -0.39 is 54.5 Å². The minimum atomic E-state index is -1.48. The first-order chi connectivity index (χ1) is 19.3. The number of anilines is 1. The van der Waals surface area contributed by atoms with Crippen molar-refractivity contribution in [3.8, 4) is 6.07 Å². The summed E-state index contributed by atoms with van der Waals surface area (Å²) < 4.78 is 5.27. The molecular formula is C31H35N5O5. The number of amides is 4. The molecule has 0 heterocycles. The van der Waals surface area contributed by atoms with Crippen molar-refractivity contribution < 1.29 is 23.9 Å². The van der Waals surface area contributed by atoms with Gasteiger partial charge in [0.1, 0.15) is 24.2 Å². The Balaban J connectivity index is 2.07. The highest BCUT2D eigenvalue weighted by Crippen LogP contribution is 2.30. The summed E-state index contributed by atoms with van der Waals surface area (Å²) in [5.41, 5.74) is 6.97. The molecular weight excluding hydrogens is 522 g/mol. The molecule has 0 aliphatic rings. The highest BCUT2D eigenvalue weighted by molar-refractivity contribution is 6.01. The van der Waals surface area contributed by atoms with Gasteiger partial charge in [-0.2, -0.15) is 5.26 Å². The van der Waals surface area contributed by atoms with Gasteiger partial charge < -0.3 is 26.0 Å². The Kier molecular flexibility index (Phi) is 9.68. The molecule has 4 N–H and O–H groups in total. The molecule has 0 fully saturated rings. The number of benzene rings is 3. The number of ether oxygens (including phenoxy) is 1. The fraction of sp³-hybridized carbons (Fsp3) is 0.323. The molecule has 0 saturated heterocycles. The van der Waals surface area contributed by atoms with E-state index in [-0.39, 0.29) is 0 Å². The van der Waals surface area contributed by atoms with Crippen LogP contribution >= 0.6 is 0 Å². The maximum absolute atomic E-state index is 14.0. The van der Waals surface area contributed by atoms with E-state index in [1.807, 2.05) is 48.5 Å². The first kappa shape index (κ1) is 30.6. The Hall–Kier alpha value is -4.91. The number of aryl methyl sites for hydroxylation is 2. The van der Waals surface area contributed by atoms with E-state index in [1.165, 1.54) is 0 Å². The van der Waals surface area contributed by atoms with Gasteiger partial charge in [-0.05, 0) is 74.2 Å². The van der Waals surface area contributed by atoms with Crippen LogP contribution in [0.5, 0.6) is 0 Å². The van der Waals surface area contributed by atoms with Crippen LogP contribution in [-0.4, -0.2) is 46.9 Å². The fourth-order valence-corrected chi connectivity index (χ4v) is 4.59. The average molecular weight is 558 g/mol. The highest BCUT2D eigenvalue weighted by Gasteiger charge is 2.38. The lowest BCUT2D eigenvalue weighted by Crippen LogP contribution is -2.53. The summed E-state index contributed by atoms with van der Waals surface area (Å²) in [6.07, 6.45) is -1.51. The number of nitriles is 1. The second-order valence-electron chi connectivity index (χ2n) is 10.8. The minimum absolute atomic E-state index is 0.495. The molecule has 0 radical (unpaired) electrons. The van der Waals surface area contributed by atoms with Crippen LogP contribution in [-0.2, 0) is 19.1 Å². The van der Waals surface area contributed by atoms with Gasteiger partial charge in [-0.1, -0.05) is 48.5 Å². The smallest absolute Gasteiger partial charge is 0.408 e. The van der Waals surface area contributed by atoms with Gasteiger partial charge in [0.05, 0.1) is 12.5 Å². The maximum atomic E-state index is 14.0. The largest absolute Gasteiger partial charge is 0.444 e. The van der Waals surface area contributed by atoms with Gasteiger partial charge in [0.25, 0.3) is 5.91 Å². The van der Waals surface area contributed by atoms with Gasteiger partial charge in [0.2, 0.25) is 11.8 Å². The Morgan fingerprint density at radius 2 is 1.61 bits per heavy atom. The molecule has 0 saturated carbocycles. The minimum Gasteiger partial charge on any atom is -0.444 e. The fourth-order valence-electron chi connectivity index (χ4n) is 4.59. The van der Waals surface area contributed by atoms with Crippen LogP contribution in [0.4, 0.5) is 10.5 Å². The lowest BCUT2D eigenvalue weighted by Gasteiger charge is -2.34. The van der Waals surface area contributed by atoms with Gasteiger partial charge in [-0.25, -0.2) is 4.79 Å². The first-order valence-corrected chi connectivity index (χ1v) is 13.1. The van der Waals surface area contributed by atoms with E-state index in [9.17, 15) is 24.4 Å². The molecule has 0 aromatic heterocycles. The second kappa shape index (κ2) is 13.0. The van der Waals surface area contributed by atoms with Crippen LogP contribution in [0.25, 0.3) is 10.8 Å². The SMILES string of the molecule is Cc1cccc(C)c1C(C(=O)Nc1ccc2ccccc2c1)N(CC#N)C(=O)C(CC(N)=O)NC(=O)OC(C)(C)C. The predicted molar refractivity (Wildman–Crippen MR) is 156 cm³/mol. The lowest BCUT2D eigenvalue weighted by molar-refractivity contribution is -0.141. The number of rotatable bonds is 9. The third-order valence-corrected chi connectivity index (χ3v) is 6.31. The Morgan fingerprint density at radius 3 is 2.20 bits per heavy atom. The van der Waals surface area contributed by atoms with Crippen molar-refractivity contribution >= 4 is 40.3 Å². The molecule has 4 amide bonds. The Labute approximate surface area is 239 Å². The molecule has 0 spiro atoms. The van der Waals surface area contributed by atoms with E-state index in [4.69, 9.17) is 10.5 Å². The van der Waals surface area contributed by atoms with Gasteiger partial charge in [0, 0.05) is 5.69 Å². The molecule has 0 aliphatic carbocycles. The zero-order chi connectivity index (χ0) is 30.3. The van der Waals surface area contributed by atoms with Crippen molar-refractivity contribution in [1.29, 1.82) is 5.26 Å². The van der Waals surface area contributed by atoms with Crippen LogP contribution in [0.15, 0.2) is 60.7 Å². The number of primary amides is 1. The van der Waals surface area contributed by atoms with E-state index >= 15 is 0 Å². The van der Waals surface area contributed by atoms with Crippen LogP contribution < -0.4 is 16.4 Å². The van der Waals surface area contributed by atoms with E-state index in [0.29, 0.717) is 22.4 Å². The van der Waals surface area contributed by atoms with E-state index in [2.05, 4.69) is 10.6 Å². The van der Waals surface area contributed by atoms with Gasteiger partial charge in [0.15, 0.2) is 0 Å². The number of hydrogen-bond donors (Lipinski definition) is 3. The van der Waals surface area contributed by atoms with Crippen molar-refractivity contribution in [3.05, 3.63) is 77.4 Å². The number of nitrogens with zero attached hydrogens (tertiary/aromatic N) is 2. The summed E-state index contributed by atoms with van der Waals surface area (Å²) in [7, 11) is 0. The zero-order valence-electron chi connectivity index (χ0n) is 23.9. The summed E-state index contributed by atoms with van der Waals surface area (Å²) in [4.78, 5) is 53.5. The number of carbonyl (C=O) groups is 4. The molecule has 10 nitrogen and oxygen atoms in total. The molecule has 0 aliphatic heterocycles. The van der Waals surface area contributed by atoms with Crippen molar-refractivity contribution in [2.45, 2.75) is 58.7 Å². The number of nitrogens with two attached hydrogens (primary N) is 1. The molecule has 3 aromatic rings. The van der Waals surface area contributed by atoms with Crippen LogP contribution in [0.1, 0.15) is 49.9 Å². The molecule has 2 unspecified atom stereocenters. The van der Waals surface area contributed by atoms with Crippen molar-refractivity contribution in [2.24, 2.45) is 5.73 Å². The van der Waals surface area contributed by atoms with Crippen LogP contribution in [0, 0.1) is 25.2 Å². The van der Waals surface area contributed by atoms with Gasteiger partial charge in [-0.15, -0.1) is 0 Å². The summed E-state index contributed by atoms with van der Waals surface area (Å²) >= 11 is 0. The summed E-state index contributed by atoms with van der Waals surface area (Å²) in [6, 6.07) is 17.7. The number of carbonyl (C=O) groups excluding carboxylic acids is 4. The van der Waals surface area contributed by atoms with Gasteiger partial charge >= 0.3 is 6.09 Å². The van der Waals surface area contributed by atoms with E-state index in [0.717, 1.165) is 15.7 Å².